The van der Waals surface area contributed by atoms with Crippen LogP contribution in [-0.4, -0.2) is 106 Å². The molecule has 2 aliphatic heterocycles. The average molecular weight is 915 g/mol. The van der Waals surface area contributed by atoms with E-state index >= 15 is 0 Å². The fraction of sp³-hybridized carbons (Fsp3) is 0.136. The topological polar surface area (TPSA) is 395 Å². The molecular formula is C44H34O22. The molecule has 2 heterocycles. The van der Waals surface area contributed by atoms with Crippen molar-refractivity contribution >= 4 is 11.9 Å². The lowest BCUT2D eigenvalue weighted by Crippen LogP contribution is -2.40. The van der Waals surface area contributed by atoms with E-state index in [2.05, 4.69) is 0 Å². The number of esters is 2. The second kappa shape index (κ2) is 15.8. The van der Waals surface area contributed by atoms with Crippen LogP contribution < -0.4 is 9.47 Å². The van der Waals surface area contributed by atoms with E-state index in [4.69, 9.17) is 18.9 Å². The summed E-state index contributed by atoms with van der Waals surface area (Å²) in [5.41, 5.74) is -2.83. The van der Waals surface area contributed by atoms with E-state index in [0.717, 1.165) is 54.6 Å². The zero-order chi connectivity index (χ0) is 47.8. The Hall–Kier alpha value is -9.34. The highest BCUT2D eigenvalue weighted by molar-refractivity contribution is 5.92. The van der Waals surface area contributed by atoms with Crippen molar-refractivity contribution < 1.29 is 110 Å². The van der Waals surface area contributed by atoms with E-state index in [1.165, 1.54) is 0 Å². The van der Waals surface area contributed by atoms with Gasteiger partial charge in [-0.3, -0.25) is 0 Å². The molecule has 0 fully saturated rings. The number of phenolic OH excluding ortho intramolecular Hbond substituents is 16. The molecule has 6 aromatic rings. The van der Waals surface area contributed by atoms with E-state index < -0.39 is 169 Å². The number of hydrogen-bond donors (Lipinski definition) is 16. The molecule has 22 heteroatoms. The van der Waals surface area contributed by atoms with Crippen LogP contribution >= 0.6 is 0 Å². The van der Waals surface area contributed by atoms with Crippen molar-refractivity contribution in [1.29, 1.82) is 0 Å². The minimum Gasteiger partial charge on any atom is -0.508 e. The Bertz CT molecular complexity index is 2920. The molecule has 0 saturated heterocycles. The van der Waals surface area contributed by atoms with Crippen molar-refractivity contribution in [3.8, 4) is 103 Å². The van der Waals surface area contributed by atoms with Gasteiger partial charge in [0, 0.05) is 52.4 Å². The predicted octanol–water partition coefficient (Wildman–Crippen LogP) is 4.37. The average Bonchev–Trinajstić information content (AvgIpc) is 3.25. The van der Waals surface area contributed by atoms with Crippen LogP contribution in [0.2, 0.25) is 0 Å². The Kier molecular flexibility index (Phi) is 10.4. The van der Waals surface area contributed by atoms with Crippen LogP contribution in [0.1, 0.15) is 66.7 Å². The van der Waals surface area contributed by atoms with Crippen LogP contribution in [0.15, 0.2) is 66.7 Å². The number of fused-ring (bicyclic) bond motifs is 2. The Morgan fingerprint density at radius 1 is 0.439 bits per heavy atom. The number of carbonyl (C=O) groups is 2. The Labute approximate surface area is 367 Å². The summed E-state index contributed by atoms with van der Waals surface area (Å²) in [7, 11) is 0. The lowest BCUT2D eigenvalue weighted by molar-refractivity contribution is -0.0303. The monoisotopic (exact) mass is 914 g/mol. The van der Waals surface area contributed by atoms with E-state index in [0.29, 0.717) is 12.1 Å². The maximum atomic E-state index is 14.1. The van der Waals surface area contributed by atoms with Gasteiger partial charge in [-0.05, 0) is 48.5 Å². The van der Waals surface area contributed by atoms with Crippen molar-refractivity contribution in [3.63, 3.8) is 0 Å². The first-order valence-corrected chi connectivity index (χ1v) is 19.0. The van der Waals surface area contributed by atoms with Crippen molar-refractivity contribution in [1.82, 2.24) is 0 Å². The molecule has 6 aromatic carbocycles. The van der Waals surface area contributed by atoms with E-state index in [-0.39, 0.29) is 22.3 Å². The minimum absolute atomic E-state index is 0.251. The van der Waals surface area contributed by atoms with Gasteiger partial charge >= 0.3 is 11.9 Å². The SMILES string of the molecule is O=C(O[C@@H]1[C@@H](c2c(O)cc(O)c3c2O[C@H](c2cc(O)c(O)c(O)c2)[C@@H](OC(=O)c2cc(O)c(O)c(O)c2)C3)c2c(O)cc(O)cc2O[C@@H]1c1cc(O)c(O)c(O)c1)c1cc(O)c(O)c(O)c1. The number of hydrogen-bond acceptors (Lipinski definition) is 22. The molecule has 0 bridgehead atoms. The molecule has 66 heavy (non-hydrogen) atoms. The number of carbonyl (C=O) groups excluding carboxylic acids is 2. The number of phenols is 16. The molecule has 0 aromatic heterocycles. The third kappa shape index (κ3) is 7.32. The summed E-state index contributed by atoms with van der Waals surface area (Å²) >= 11 is 0. The molecule has 8 rings (SSSR count). The van der Waals surface area contributed by atoms with Crippen LogP contribution in [0.5, 0.6) is 103 Å². The number of benzene rings is 6. The summed E-state index contributed by atoms with van der Waals surface area (Å²) in [5, 5.41) is 169. The van der Waals surface area contributed by atoms with Gasteiger partial charge < -0.3 is 101 Å². The molecule has 5 atom stereocenters. The van der Waals surface area contributed by atoms with Crippen molar-refractivity contribution in [2.45, 2.75) is 36.8 Å². The Morgan fingerprint density at radius 3 is 1.35 bits per heavy atom. The van der Waals surface area contributed by atoms with E-state index in [9.17, 15) is 91.3 Å². The highest BCUT2D eigenvalue weighted by Crippen LogP contribution is 2.59. The molecule has 0 aliphatic carbocycles. The third-order valence-corrected chi connectivity index (χ3v) is 10.9. The fourth-order valence-electron chi connectivity index (χ4n) is 7.89. The molecule has 0 saturated carbocycles. The van der Waals surface area contributed by atoms with Gasteiger partial charge in [0.1, 0.15) is 40.6 Å². The van der Waals surface area contributed by atoms with Gasteiger partial charge in [-0.1, -0.05) is 0 Å². The van der Waals surface area contributed by atoms with Crippen LogP contribution in [0, 0.1) is 0 Å². The molecule has 0 radical (unpaired) electrons. The van der Waals surface area contributed by atoms with Gasteiger partial charge in [-0.15, -0.1) is 0 Å². The van der Waals surface area contributed by atoms with Gasteiger partial charge in [-0.2, -0.15) is 0 Å². The van der Waals surface area contributed by atoms with Crippen molar-refractivity contribution in [2.75, 3.05) is 0 Å². The lowest BCUT2D eigenvalue weighted by Gasteiger charge is -2.42. The molecule has 342 valence electrons. The van der Waals surface area contributed by atoms with Crippen LogP contribution in [0.3, 0.4) is 0 Å². The highest BCUT2D eigenvalue weighted by Gasteiger charge is 2.50. The zero-order valence-electron chi connectivity index (χ0n) is 33.0. The van der Waals surface area contributed by atoms with Crippen molar-refractivity contribution in [3.05, 3.63) is 106 Å². The van der Waals surface area contributed by atoms with Gasteiger partial charge in [0.15, 0.2) is 87.3 Å². The Morgan fingerprint density at radius 2 is 0.864 bits per heavy atom. The van der Waals surface area contributed by atoms with Gasteiger partial charge in [0.2, 0.25) is 0 Å². The predicted molar refractivity (Wildman–Crippen MR) is 216 cm³/mol. The smallest absolute Gasteiger partial charge is 0.338 e. The summed E-state index contributed by atoms with van der Waals surface area (Å²) in [5.74, 6) is -19.9. The van der Waals surface area contributed by atoms with Gasteiger partial charge in [-0.25, -0.2) is 9.59 Å². The molecule has 0 amide bonds. The summed E-state index contributed by atoms with van der Waals surface area (Å²) in [6.45, 7) is 0. The molecule has 16 N–H and O–H groups in total. The van der Waals surface area contributed by atoms with Crippen LogP contribution in [-0.2, 0) is 15.9 Å². The maximum absolute atomic E-state index is 14.1. The van der Waals surface area contributed by atoms with E-state index in [1.54, 1.807) is 0 Å². The number of aromatic hydroxyl groups is 16. The first-order valence-electron chi connectivity index (χ1n) is 19.0. The lowest BCUT2D eigenvalue weighted by atomic mass is 9.77. The second-order valence-corrected chi connectivity index (χ2v) is 15.1. The maximum Gasteiger partial charge on any atom is 0.338 e. The van der Waals surface area contributed by atoms with E-state index in [1.807, 2.05) is 0 Å². The van der Waals surface area contributed by atoms with Crippen molar-refractivity contribution in [2.24, 2.45) is 0 Å². The molecular weight excluding hydrogens is 880 g/mol. The largest absolute Gasteiger partial charge is 0.508 e. The standard InChI is InChI=1S/C44H34O22/c45-17-9-20(47)32-30(10-17)63-40(14-3-24(51)36(58)25(52)4-14)42(66-44(62)16-7-28(55)38(60)29(56)8-16)34(32)33-21(48)12-19(46)18-11-31(64-43(61)15-5-26(53)37(59)27(54)6-15)39(65-41(18)33)13-1-22(49)35(57)23(50)2-13/h1-10,12,31,34,39-40,42,45-60H,11H2/t31-,34+,39+,40+,42+/m0/s1. The third-order valence-electron chi connectivity index (χ3n) is 10.9. The first-order chi connectivity index (χ1) is 31.1. The second-order valence-electron chi connectivity index (χ2n) is 15.1. The number of ether oxygens (including phenoxy) is 4. The zero-order valence-corrected chi connectivity index (χ0v) is 33.0. The first kappa shape index (κ1) is 43.3. The van der Waals surface area contributed by atoms with Crippen LogP contribution in [0.25, 0.3) is 0 Å². The Balaban J connectivity index is 1.36. The minimum atomic E-state index is -2.00. The highest BCUT2D eigenvalue weighted by atomic mass is 16.6. The quantitative estimate of drug-likeness (QED) is 0.0780. The van der Waals surface area contributed by atoms with Gasteiger partial charge in [0.25, 0.3) is 0 Å². The summed E-state index contributed by atoms with van der Waals surface area (Å²) < 4.78 is 24.3. The summed E-state index contributed by atoms with van der Waals surface area (Å²) in [6, 6.07) is 8.99. The molecule has 22 nitrogen and oxygen atoms in total. The fourth-order valence-corrected chi connectivity index (χ4v) is 7.89. The molecule has 2 aliphatic rings. The number of rotatable bonds is 7. The normalized spacial score (nSPS) is 18.5. The van der Waals surface area contributed by atoms with Crippen LogP contribution in [0.4, 0.5) is 0 Å². The summed E-state index contributed by atoms with van der Waals surface area (Å²) in [4.78, 5) is 27.7. The molecule has 0 spiro atoms. The molecule has 0 unspecified atom stereocenters. The van der Waals surface area contributed by atoms with Gasteiger partial charge in [0.05, 0.1) is 17.0 Å². The summed E-state index contributed by atoms with van der Waals surface area (Å²) in [6.07, 6.45) is -7.81.